The second kappa shape index (κ2) is 10.7. The number of hydrogen-bond acceptors (Lipinski definition) is 5. The number of anilines is 1. The second-order valence-corrected chi connectivity index (χ2v) is 9.72. The summed E-state index contributed by atoms with van der Waals surface area (Å²) in [5.74, 6) is -6.79. The van der Waals surface area contributed by atoms with Crippen molar-refractivity contribution in [1.82, 2.24) is 9.88 Å². The highest BCUT2D eigenvalue weighted by Gasteiger charge is 2.60. The number of hydrogen-bond donors (Lipinski definition) is 1. The molecule has 1 N–H and O–H groups in total. The number of pyridine rings is 1. The molecule has 1 aliphatic rings. The summed E-state index contributed by atoms with van der Waals surface area (Å²) >= 11 is 5.89. The fraction of sp³-hybridized carbons (Fsp3) is 0.458. The van der Waals surface area contributed by atoms with Crippen LogP contribution < -0.4 is 10.1 Å². The first-order valence-corrected chi connectivity index (χ1v) is 11.6. The molecule has 37 heavy (non-hydrogen) atoms. The van der Waals surface area contributed by atoms with Gasteiger partial charge in [-0.15, -0.1) is 0 Å². The molecule has 0 spiro atoms. The minimum Gasteiger partial charge on any atom is -0.491 e. The molecule has 0 aliphatic carbocycles. The molecule has 3 rings (SSSR count). The first-order valence-electron chi connectivity index (χ1n) is 11.2. The van der Waals surface area contributed by atoms with Gasteiger partial charge in [0.2, 0.25) is 0 Å². The van der Waals surface area contributed by atoms with Crippen LogP contribution in [0.1, 0.15) is 49.5 Å². The molecule has 1 atom stereocenters. The molecule has 202 valence electrons. The summed E-state index contributed by atoms with van der Waals surface area (Å²) in [6.45, 7) is 4.98. The Morgan fingerprint density at radius 3 is 2.49 bits per heavy atom. The van der Waals surface area contributed by atoms with E-state index in [1.807, 2.05) is 0 Å². The van der Waals surface area contributed by atoms with Gasteiger partial charge >= 0.3 is 18.2 Å². The zero-order valence-electron chi connectivity index (χ0n) is 20.2. The average molecular weight is 550 g/mol. The number of halogens is 6. The molecule has 13 heteroatoms. The van der Waals surface area contributed by atoms with Crippen LogP contribution in [0.25, 0.3) is 0 Å². The van der Waals surface area contributed by atoms with Crippen molar-refractivity contribution in [1.29, 1.82) is 0 Å². The highest BCUT2D eigenvalue weighted by Crippen LogP contribution is 2.47. The number of amides is 2. The smallest absolute Gasteiger partial charge is 0.458 e. The Morgan fingerprint density at radius 2 is 1.86 bits per heavy atom. The van der Waals surface area contributed by atoms with Crippen LogP contribution >= 0.6 is 11.6 Å². The zero-order chi connectivity index (χ0) is 27.6. The maximum atomic E-state index is 14.3. The molecule has 0 unspecified atom stereocenters. The molecule has 1 aromatic carbocycles. The van der Waals surface area contributed by atoms with Crippen LogP contribution in [0.5, 0.6) is 5.75 Å². The van der Waals surface area contributed by atoms with E-state index in [-0.39, 0.29) is 23.0 Å². The first kappa shape index (κ1) is 28.4. The molecular formula is C24H25ClF5N3O4. The van der Waals surface area contributed by atoms with Gasteiger partial charge in [-0.1, -0.05) is 11.6 Å². The van der Waals surface area contributed by atoms with E-state index in [0.29, 0.717) is 25.5 Å². The predicted molar refractivity (Wildman–Crippen MR) is 125 cm³/mol. The summed E-state index contributed by atoms with van der Waals surface area (Å²) in [6.07, 6.45) is -4.19. The van der Waals surface area contributed by atoms with Gasteiger partial charge in [-0.25, -0.2) is 9.78 Å². The molecule has 1 aromatic heterocycles. The van der Waals surface area contributed by atoms with Crippen LogP contribution in [0.4, 0.5) is 32.4 Å². The quantitative estimate of drug-likeness (QED) is 0.332. The molecule has 2 amide bonds. The van der Waals surface area contributed by atoms with E-state index in [0.717, 1.165) is 12.1 Å². The largest absolute Gasteiger partial charge is 0.491 e. The van der Waals surface area contributed by atoms with E-state index >= 15 is 0 Å². The number of carbonyl (C=O) groups excluding carboxylic acids is 2. The lowest BCUT2D eigenvalue weighted by Crippen LogP contribution is -2.42. The van der Waals surface area contributed by atoms with Crippen LogP contribution in [-0.4, -0.2) is 52.9 Å². The maximum absolute atomic E-state index is 14.3. The molecule has 0 saturated carbocycles. The lowest BCUT2D eigenvalue weighted by Gasteiger charge is -2.29. The van der Waals surface area contributed by atoms with Crippen molar-refractivity contribution in [3.63, 3.8) is 0 Å². The number of alkyl halides is 5. The molecule has 1 aliphatic heterocycles. The lowest BCUT2D eigenvalue weighted by atomic mass is 10.1. The van der Waals surface area contributed by atoms with Gasteiger partial charge in [-0.3, -0.25) is 4.79 Å². The van der Waals surface area contributed by atoms with E-state index in [9.17, 15) is 31.5 Å². The lowest BCUT2D eigenvalue weighted by molar-refractivity contribution is -0.289. The maximum Gasteiger partial charge on any atom is 0.458 e. The Balaban J connectivity index is 1.87. The Bertz CT molecular complexity index is 1150. The van der Waals surface area contributed by atoms with Crippen LogP contribution in [0.2, 0.25) is 5.15 Å². The summed E-state index contributed by atoms with van der Waals surface area (Å²) in [6, 6.07) is 4.48. The average Bonchev–Trinajstić information content (AvgIpc) is 3.25. The second-order valence-electron chi connectivity index (χ2n) is 9.36. The molecule has 1 fully saturated rings. The Morgan fingerprint density at radius 1 is 1.16 bits per heavy atom. The molecule has 7 nitrogen and oxygen atoms in total. The Labute approximate surface area is 214 Å². The Hall–Kier alpha value is -3.15. The van der Waals surface area contributed by atoms with Crippen LogP contribution in [0, 0.1) is 0 Å². The number of nitrogens with one attached hydrogen (secondary N) is 1. The van der Waals surface area contributed by atoms with Crippen molar-refractivity contribution in [3.05, 3.63) is 52.8 Å². The minimum atomic E-state index is -5.89. The third kappa shape index (κ3) is 6.79. The first-order chi connectivity index (χ1) is 17.1. The van der Waals surface area contributed by atoms with Crippen molar-refractivity contribution >= 4 is 29.3 Å². The summed E-state index contributed by atoms with van der Waals surface area (Å²) in [7, 11) is 0. The van der Waals surface area contributed by atoms with E-state index in [1.165, 1.54) is 23.2 Å². The van der Waals surface area contributed by atoms with Crippen molar-refractivity contribution in [2.75, 3.05) is 18.5 Å². The SMILES string of the molecule is CC(C)(C)OC(=O)N1CCC[C@@H]1COc1cc(NC(=O)c2cccnc2Cl)ccc1C(F)(F)C(F)(F)F. The van der Waals surface area contributed by atoms with Gasteiger partial charge < -0.3 is 19.7 Å². The number of rotatable bonds is 6. The number of benzene rings is 1. The highest BCUT2D eigenvalue weighted by molar-refractivity contribution is 6.33. The van der Waals surface area contributed by atoms with Crippen molar-refractivity contribution in [2.24, 2.45) is 0 Å². The van der Waals surface area contributed by atoms with E-state index < -0.39 is 47.1 Å². The molecule has 1 saturated heterocycles. The highest BCUT2D eigenvalue weighted by atomic mass is 35.5. The van der Waals surface area contributed by atoms with Crippen LogP contribution in [-0.2, 0) is 10.7 Å². The van der Waals surface area contributed by atoms with Crippen molar-refractivity contribution < 1.29 is 41.0 Å². The van der Waals surface area contributed by atoms with E-state index in [4.69, 9.17) is 21.1 Å². The number of nitrogens with zero attached hydrogens (tertiary/aromatic N) is 2. The summed E-state index contributed by atoms with van der Waals surface area (Å²) in [5, 5.41) is 2.26. The van der Waals surface area contributed by atoms with Crippen LogP contribution in [0.3, 0.4) is 0 Å². The third-order valence-corrected chi connectivity index (χ3v) is 5.68. The Kier molecular flexibility index (Phi) is 8.21. The summed E-state index contributed by atoms with van der Waals surface area (Å²) < 4.78 is 79.0. The fourth-order valence-electron chi connectivity index (χ4n) is 3.64. The van der Waals surface area contributed by atoms with E-state index in [1.54, 1.807) is 20.8 Å². The number of ether oxygens (including phenoxy) is 2. The van der Waals surface area contributed by atoms with Gasteiger partial charge in [0.05, 0.1) is 17.2 Å². The van der Waals surface area contributed by atoms with Gasteiger partial charge in [-0.05, 0) is 57.9 Å². The monoisotopic (exact) mass is 549 g/mol. The van der Waals surface area contributed by atoms with Gasteiger partial charge in [0, 0.05) is 24.5 Å². The van der Waals surface area contributed by atoms with Gasteiger partial charge in [0.1, 0.15) is 23.1 Å². The standard InChI is InChI=1S/C24H25ClF5N3O4/c1-22(2,3)37-21(35)33-11-5-6-15(33)13-36-18-12-14(8-9-17(18)23(26,27)24(28,29)30)32-20(34)16-7-4-10-31-19(16)25/h4,7-10,12,15H,5-6,11,13H2,1-3H3,(H,32,34)/t15-/m1/s1. The topological polar surface area (TPSA) is 80.8 Å². The molecular weight excluding hydrogens is 525 g/mol. The van der Waals surface area contributed by atoms with Crippen LogP contribution in [0.15, 0.2) is 36.5 Å². The summed E-state index contributed by atoms with van der Waals surface area (Å²) in [4.78, 5) is 30.1. The number of carbonyl (C=O) groups is 2. The minimum absolute atomic E-state index is 0.0321. The molecule has 0 bridgehead atoms. The predicted octanol–water partition coefficient (Wildman–Crippen LogP) is 6.42. The molecule has 2 heterocycles. The van der Waals surface area contributed by atoms with Gasteiger partial charge in [0.25, 0.3) is 5.91 Å². The third-order valence-electron chi connectivity index (χ3n) is 5.37. The van der Waals surface area contributed by atoms with Crippen molar-refractivity contribution in [3.8, 4) is 5.75 Å². The number of likely N-dealkylation sites (tertiary alicyclic amines) is 1. The zero-order valence-corrected chi connectivity index (χ0v) is 20.9. The summed E-state index contributed by atoms with van der Waals surface area (Å²) in [5.41, 5.74) is -2.36. The molecule has 2 aromatic rings. The normalized spacial score (nSPS) is 16.5. The molecule has 0 radical (unpaired) electrons. The number of aromatic nitrogens is 1. The van der Waals surface area contributed by atoms with Crippen molar-refractivity contribution in [2.45, 2.75) is 57.4 Å². The van der Waals surface area contributed by atoms with E-state index in [2.05, 4.69) is 10.3 Å². The van der Waals surface area contributed by atoms with Gasteiger partial charge in [-0.2, -0.15) is 22.0 Å². The van der Waals surface area contributed by atoms with Gasteiger partial charge in [0.15, 0.2) is 0 Å². The fourth-order valence-corrected chi connectivity index (χ4v) is 3.85.